The fourth-order valence-corrected chi connectivity index (χ4v) is 0.762. The fraction of sp³-hybridized carbons (Fsp3) is 0.125. The van der Waals surface area contributed by atoms with E-state index in [0.717, 1.165) is 0 Å². The maximum Gasteiger partial charge on any atom is 0.240 e. The van der Waals surface area contributed by atoms with Gasteiger partial charge in [0, 0.05) is 0 Å². The molecule has 56 valence electrons. The molecule has 0 aromatic heterocycles. The molecule has 0 aliphatic heterocycles. The van der Waals surface area contributed by atoms with Crippen LogP contribution in [0.2, 0.25) is 0 Å². The molecule has 0 aliphatic rings. The first-order valence-corrected chi connectivity index (χ1v) is 3.09. The standard InChI is InChI=1S/C8H6FNO/c9-5-7-2-1-3-8(4-7)10-6-11/h1-4H,5H2. The summed E-state index contributed by atoms with van der Waals surface area (Å²) in [5.74, 6) is 0. The summed E-state index contributed by atoms with van der Waals surface area (Å²) in [5, 5.41) is 0. The van der Waals surface area contributed by atoms with Crippen molar-refractivity contribution in [3.63, 3.8) is 0 Å². The van der Waals surface area contributed by atoms with Gasteiger partial charge in [-0.1, -0.05) is 12.1 Å². The van der Waals surface area contributed by atoms with Crippen LogP contribution in [0.4, 0.5) is 10.1 Å². The first-order valence-electron chi connectivity index (χ1n) is 3.09. The van der Waals surface area contributed by atoms with E-state index in [1.807, 2.05) is 0 Å². The molecule has 3 heteroatoms. The van der Waals surface area contributed by atoms with E-state index in [-0.39, 0.29) is 0 Å². The van der Waals surface area contributed by atoms with Gasteiger partial charge in [-0.2, -0.15) is 4.99 Å². The molecule has 0 saturated carbocycles. The Balaban J connectivity index is 3.00. The van der Waals surface area contributed by atoms with Crippen molar-refractivity contribution in [2.75, 3.05) is 0 Å². The summed E-state index contributed by atoms with van der Waals surface area (Å²) < 4.78 is 12.0. The topological polar surface area (TPSA) is 29.4 Å². The van der Waals surface area contributed by atoms with Crippen molar-refractivity contribution >= 4 is 11.8 Å². The maximum atomic E-state index is 12.0. The van der Waals surface area contributed by atoms with E-state index < -0.39 is 6.67 Å². The van der Waals surface area contributed by atoms with Gasteiger partial charge in [-0.05, 0) is 17.7 Å². The molecular weight excluding hydrogens is 145 g/mol. The molecule has 0 bridgehead atoms. The molecule has 0 fully saturated rings. The smallest absolute Gasteiger partial charge is 0.240 e. The number of isocyanates is 1. The number of halogens is 1. The number of hydrogen-bond acceptors (Lipinski definition) is 2. The molecule has 1 aromatic rings. The Bertz CT molecular complexity index is 292. The molecule has 1 rings (SSSR count). The van der Waals surface area contributed by atoms with Gasteiger partial charge in [0.25, 0.3) is 0 Å². The zero-order valence-electron chi connectivity index (χ0n) is 5.75. The molecule has 0 spiro atoms. The second-order valence-corrected chi connectivity index (χ2v) is 2.01. The summed E-state index contributed by atoms with van der Waals surface area (Å²) in [7, 11) is 0. The summed E-state index contributed by atoms with van der Waals surface area (Å²) in [4.78, 5) is 13.1. The van der Waals surface area contributed by atoms with Crippen molar-refractivity contribution in [3.05, 3.63) is 29.8 Å². The molecule has 0 unspecified atom stereocenters. The Hall–Kier alpha value is -1.47. The molecule has 0 amide bonds. The van der Waals surface area contributed by atoms with Crippen molar-refractivity contribution in [2.45, 2.75) is 6.67 Å². The van der Waals surface area contributed by atoms with Gasteiger partial charge in [-0.3, -0.25) is 0 Å². The molecule has 1 aromatic carbocycles. The van der Waals surface area contributed by atoms with Crippen LogP contribution < -0.4 is 0 Å². The van der Waals surface area contributed by atoms with Crippen LogP contribution in [0.5, 0.6) is 0 Å². The van der Waals surface area contributed by atoms with Gasteiger partial charge in [0.2, 0.25) is 6.08 Å². The van der Waals surface area contributed by atoms with Crippen molar-refractivity contribution in [1.29, 1.82) is 0 Å². The van der Waals surface area contributed by atoms with Crippen molar-refractivity contribution in [3.8, 4) is 0 Å². The van der Waals surface area contributed by atoms with E-state index in [2.05, 4.69) is 4.99 Å². The Kier molecular flexibility index (Phi) is 2.53. The van der Waals surface area contributed by atoms with Crippen LogP contribution in [-0.4, -0.2) is 6.08 Å². The third-order valence-corrected chi connectivity index (χ3v) is 1.24. The number of nitrogens with zero attached hydrogens (tertiary/aromatic N) is 1. The molecule has 0 heterocycles. The minimum atomic E-state index is -0.539. The molecule has 0 N–H and O–H groups in total. The third kappa shape index (κ3) is 1.99. The van der Waals surface area contributed by atoms with E-state index in [1.54, 1.807) is 18.2 Å². The van der Waals surface area contributed by atoms with Crippen LogP contribution in [0.3, 0.4) is 0 Å². The lowest BCUT2D eigenvalue weighted by molar-refractivity contribution is 0.485. The lowest BCUT2D eigenvalue weighted by Gasteiger charge is -1.93. The van der Waals surface area contributed by atoms with Gasteiger partial charge in [-0.15, -0.1) is 0 Å². The van der Waals surface area contributed by atoms with Crippen molar-refractivity contribution in [2.24, 2.45) is 4.99 Å². The van der Waals surface area contributed by atoms with Gasteiger partial charge in [0.15, 0.2) is 0 Å². The minimum Gasteiger partial charge on any atom is -0.246 e. The van der Waals surface area contributed by atoms with Gasteiger partial charge < -0.3 is 0 Å². The number of aliphatic imine (C=N–C) groups is 1. The third-order valence-electron chi connectivity index (χ3n) is 1.24. The number of alkyl halides is 1. The average Bonchev–Trinajstić information content (AvgIpc) is 2.06. The highest BCUT2D eigenvalue weighted by Crippen LogP contribution is 2.13. The van der Waals surface area contributed by atoms with Crippen LogP contribution in [-0.2, 0) is 11.5 Å². The summed E-state index contributed by atoms with van der Waals surface area (Å²) in [5.41, 5.74) is 0.955. The first kappa shape index (κ1) is 7.63. The predicted molar refractivity (Wildman–Crippen MR) is 39.0 cm³/mol. The minimum absolute atomic E-state index is 0.440. The lowest BCUT2D eigenvalue weighted by atomic mass is 10.2. The summed E-state index contributed by atoms with van der Waals surface area (Å²) in [6.45, 7) is -0.539. The van der Waals surface area contributed by atoms with Crippen LogP contribution in [0, 0.1) is 0 Å². The zero-order valence-corrected chi connectivity index (χ0v) is 5.75. The van der Waals surface area contributed by atoms with Gasteiger partial charge in [0.1, 0.15) is 6.67 Å². The zero-order chi connectivity index (χ0) is 8.10. The molecule has 0 aliphatic carbocycles. The Morgan fingerprint density at radius 1 is 1.55 bits per heavy atom. The second kappa shape index (κ2) is 3.64. The van der Waals surface area contributed by atoms with Gasteiger partial charge >= 0.3 is 0 Å². The van der Waals surface area contributed by atoms with Crippen molar-refractivity contribution < 1.29 is 9.18 Å². The van der Waals surface area contributed by atoms with Crippen molar-refractivity contribution in [1.82, 2.24) is 0 Å². The normalized spacial score (nSPS) is 8.82. The van der Waals surface area contributed by atoms with Gasteiger partial charge in [0.05, 0.1) is 5.69 Å². The number of hydrogen-bond donors (Lipinski definition) is 0. The largest absolute Gasteiger partial charge is 0.246 e. The Morgan fingerprint density at radius 3 is 3.00 bits per heavy atom. The molecular formula is C8H6FNO. The van der Waals surface area contributed by atoms with Gasteiger partial charge in [-0.25, -0.2) is 9.18 Å². The second-order valence-electron chi connectivity index (χ2n) is 2.01. The highest BCUT2D eigenvalue weighted by Gasteiger charge is 1.91. The SMILES string of the molecule is O=C=Nc1cccc(CF)c1. The van der Waals surface area contributed by atoms with E-state index >= 15 is 0 Å². The summed E-state index contributed by atoms with van der Waals surface area (Å²) in [6, 6.07) is 6.39. The van der Waals surface area contributed by atoms with E-state index in [0.29, 0.717) is 11.3 Å². The molecule has 0 atom stereocenters. The predicted octanol–water partition coefficient (Wildman–Crippen LogP) is 2.12. The average molecular weight is 151 g/mol. The van der Waals surface area contributed by atoms with Crippen LogP contribution >= 0.6 is 0 Å². The van der Waals surface area contributed by atoms with Crippen LogP contribution in [0.1, 0.15) is 5.56 Å². The monoisotopic (exact) mass is 151 g/mol. The number of carbonyl (C=O) groups excluding carboxylic acids is 1. The quantitative estimate of drug-likeness (QED) is 0.470. The highest BCUT2D eigenvalue weighted by atomic mass is 19.1. The lowest BCUT2D eigenvalue weighted by Crippen LogP contribution is -1.75. The van der Waals surface area contributed by atoms with Crippen LogP contribution in [0.25, 0.3) is 0 Å². The Labute approximate surface area is 63.4 Å². The maximum absolute atomic E-state index is 12.0. The first-order chi connectivity index (χ1) is 5.36. The number of benzene rings is 1. The molecule has 11 heavy (non-hydrogen) atoms. The van der Waals surface area contributed by atoms with E-state index in [1.165, 1.54) is 12.1 Å². The number of rotatable bonds is 2. The molecule has 0 saturated heterocycles. The summed E-state index contributed by atoms with van der Waals surface area (Å²) in [6.07, 6.45) is 1.39. The van der Waals surface area contributed by atoms with E-state index in [9.17, 15) is 9.18 Å². The van der Waals surface area contributed by atoms with Crippen LogP contribution in [0.15, 0.2) is 29.3 Å². The molecule has 2 nitrogen and oxygen atoms in total. The van der Waals surface area contributed by atoms with E-state index in [4.69, 9.17) is 0 Å². The highest BCUT2D eigenvalue weighted by molar-refractivity contribution is 5.49. The molecule has 0 radical (unpaired) electrons. The fourth-order valence-electron chi connectivity index (χ4n) is 0.762. The summed E-state index contributed by atoms with van der Waals surface area (Å²) >= 11 is 0. The Morgan fingerprint density at radius 2 is 2.36 bits per heavy atom.